The molecule has 0 aliphatic rings. The highest BCUT2D eigenvalue weighted by Gasteiger charge is 2.18. The van der Waals surface area contributed by atoms with Crippen molar-refractivity contribution in [2.24, 2.45) is 0 Å². The number of hydrogen-bond acceptors (Lipinski definition) is 4. The molecule has 0 amide bonds. The fourth-order valence-corrected chi connectivity index (χ4v) is 3.11. The van der Waals surface area contributed by atoms with Crippen LogP contribution in [0.1, 0.15) is 29.9 Å². The van der Waals surface area contributed by atoms with E-state index in [0.29, 0.717) is 6.61 Å². The van der Waals surface area contributed by atoms with Gasteiger partial charge in [0.05, 0.1) is 29.6 Å². The highest BCUT2D eigenvalue weighted by atomic mass is 35.5. The van der Waals surface area contributed by atoms with Crippen molar-refractivity contribution in [1.82, 2.24) is 14.5 Å². The van der Waals surface area contributed by atoms with E-state index in [0.717, 1.165) is 29.2 Å². The van der Waals surface area contributed by atoms with Gasteiger partial charge in [0.2, 0.25) is 0 Å². The second-order valence-electron chi connectivity index (χ2n) is 4.70. The molecule has 6 heteroatoms. The number of nitrogens with zero attached hydrogens (tertiary/aromatic N) is 3. The Morgan fingerprint density at radius 1 is 1.43 bits per heavy atom. The Hall–Kier alpha value is -1.59. The summed E-state index contributed by atoms with van der Waals surface area (Å²) < 4.78 is 7.82. The minimum atomic E-state index is -0.167. The molecule has 0 radical (unpaired) electrons. The molecule has 0 spiro atoms. The molecule has 0 saturated heterocycles. The first-order chi connectivity index (χ1) is 10.2. The van der Waals surface area contributed by atoms with Gasteiger partial charge in [-0.2, -0.15) is 0 Å². The summed E-state index contributed by atoms with van der Waals surface area (Å²) in [6, 6.07) is 5.98. The number of ether oxygens (including phenoxy) is 1. The zero-order valence-electron chi connectivity index (χ0n) is 11.9. The highest BCUT2D eigenvalue weighted by molar-refractivity contribution is 7.09. The lowest BCUT2D eigenvalue weighted by Gasteiger charge is -2.09. The van der Waals surface area contributed by atoms with E-state index in [4.69, 9.17) is 21.3 Å². The van der Waals surface area contributed by atoms with E-state index in [1.807, 2.05) is 37.7 Å². The molecule has 3 aromatic rings. The predicted molar refractivity (Wildman–Crippen MR) is 86.4 cm³/mol. The summed E-state index contributed by atoms with van der Waals surface area (Å²) in [5, 5.41) is -0.167. The number of imidazole rings is 1. The van der Waals surface area contributed by atoms with Crippen LogP contribution in [0.2, 0.25) is 0 Å². The highest BCUT2D eigenvalue weighted by Crippen LogP contribution is 2.31. The van der Waals surface area contributed by atoms with Crippen LogP contribution in [0.3, 0.4) is 0 Å². The van der Waals surface area contributed by atoms with Gasteiger partial charge < -0.3 is 9.30 Å². The molecule has 0 bridgehead atoms. The van der Waals surface area contributed by atoms with Gasteiger partial charge in [0, 0.05) is 11.1 Å². The summed E-state index contributed by atoms with van der Waals surface area (Å²) in [4.78, 5) is 10.0. The fourth-order valence-electron chi connectivity index (χ4n) is 2.36. The van der Waals surface area contributed by atoms with Crippen LogP contribution in [0.25, 0.3) is 11.0 Å². The zero-order valence-corrected chi connectivity index (χ0v) is 13.5. The Balaban J connectivity index is 2.15. The van der Waals surface area contributed by atoms with Gasteiger partial charge in [0.25, 0.3) is 0 Å². The summed E-state index contributed by atoms with van der Waals surface area (Å²) >= 11 is 7.94. The van der Waals surface area contributed by atoms with Crippen LogP contribution < -0.4 is 4.74 Å². The first-order valence-electron chi connectivity index (χ1n) is 6.84. The van der Waals surface area contributed by atoms with Crippen molar-refractivity contribution in [3.63, 3.8) is 0 Å². The number of thiazole rings is 1. The van der Waals surface area contributed by atoms with Gasteiger partial charge in [0.15, 0.2) is 0 Å². The summed E-state index contributed by atoms with van der Waals surface area (Å²) in [6.07, 6.45) is 1.88. The van der Waals surface area contributed by atoms with Crippen LogP contribution in [-0.4, -0.2) is 21.1 Å². The van der Waals surface area contributed by atoms with Crippen molar-refractivity contribution in [3.8, 4) is 5.75 Å². The summed E-state index contributed by atoms with van der Waals surface area (Å²) in [5.74, 6) is 1.66. The SMILES string of the molecule is CCOc1cccc2c1nc(C(C)Cl)n2Cc1cncs1. The molecule has 2 heterocycles. The quantitative estimate of drug-likeness (QED) is 0.660. The van der Waals surface area contributed by atoms with Crippen LogP contribution in [0.4, 0.5) is 0 Å². The van der Waals surface area contributed by atoms with Crippen LogP contribution in [0, 0.1) is 0 Å². The summed E-state index contributed by atoms with van der Waals surface area (Å²) in [6.45, 7) is 5.25. The predicted octanol–water partition coefficient (Wildman–Crippen LogP) is 4.24. The first kappa shape index (κ1) is 14.4. The largest absolute Gasteiger partial charge is 0.492 e. The van der Waals surface area contributed by atoms with Crippen molar-refractivity contribution in [2.75, 3.05) is 6.61 Å². The van der Waals surface area contributed by atoms with Crippen molar-refractivity contribution < 1.29 is 4.74 Å². The molecule has 0 aliphatic carbocycles. The lowest BCUT2D eigenvalue weighted by Crippen LogP contribution is -2.04. The second-order valence-corrected chi connectivity index (χ2v) is 6.32. The molecule has 3 rings (SSSR count). The van der Waals surface area contributed by atoms with Crippen LogP contribution in [-0.2, 0) is 6.54 Å². The topological polar surface area (TPSA) is 39.9 Å². The third-order valence-corrected chi connectivity index (χ3v) is 4.18. The Kier molecular flexibility index (Phi) is 4.12. The van der Waals surface area contributed by atoms with E-state index in [-0.39, 0.29) is 5.38 Å². The maximum atomic E-state index is 6.31. The molecular weight excluding hydrogens is 306 g/mol. The average Bonchev–Trinajstić information content (AvgIpc) is 3.09. The van der Waals surface area contributed by atoms with Crippen LogP contribution in [0.15, 0.2) is 29.9 Å². The molecule has 1 unspecified atom stereocenters. The third kappa shape index (κ3) is 2.76. The minimum absolute atomic E-state index is 0.167. The number of fused-ring (bicyclic) bond motifs is 1. The fraction of sp³-hybridized carbons (Fsp3) is 0.333. The van der Waals surface area contributed by atoms with Crippen molar-refractivity contribution >= 4 is 34.0 Å². The normalized spacial score (nSPS) is 12.7. The van der Waals surface area contributed by atoms with Gasteiger partial charge in [0.1, 0.15) is 17.1 Å². The lowest BCUT2D eigenvalue weighted by molar-refractivity contribution is 0.343. The number of halogens is 1. The number of para-hydroxylation sites is 1. The third-order valence-electron chi connectivity index (χ3n) is 3.22. The Labute approximate surface area is 132 Å². The van der Waals surface area contributed by atoms with E-state index in [1.54, 1.807) is 11.3 Å². The lowest BCUT2D eigenvalue weighted by atomic mass is 10.3. The molecule has 110 valence electrons. The van der Waals surface area contributed by atoms with Crippen LogP contribution in [0.5, 0.6) is 5.75 Å². The maximum absolute atomic E-state index is 6.31. The Morgan fingerprint density at radius 3 is 2.95 bits per heavy atom. The van der Waals surface area contributed by atoms with Crippen molar-refractivity contribution in [2.45, 2.75) is 25.8 Å². The smallest absolute Gasteiger partial charge is 0.147 e. The van der Waals surface area contributed by atoms with E-state index in [9.17, 15) is 0 Å². The second kappa shape index (κ2) is 6.03. The van der Waals surface area contributed by atoms with Gasteiger partial charge in [-0.3, -0.25) is 4.98 Å². The molecule has 0 N–H and O–H groups in total. The number of aromatic nitrogens is 3. The standard InChI is InChI=1S/C15H16ClN3OS/c1-3-20-13-6-4-5-12-14(13)18-15(10(2)16)19(12)8-11-7-17-9-21-11/h4-7,9-10H,3,8H2,1-2H3. The van der Waals surface area contributed by atoms with Gasteiger partial charge in [-0.15, -0.1) is 22.9 Å². The molecule has 1 aromatic carbocycles. The summed E-state index contributed by atoms with van der Waals surface area (Å²) in [5.41, 5.74) is 3.74. The number of benzene rings is 1. The Bertz CT molecular complexity index is 737. The van der Waals surface area contributed by atoms with E-state index in [1.165, 1.54) is 4.88 Å². The van der Waals surface area contributed by atoms with Crippen LogP contribution >= 0.6 is 22.9 Å². The molecule has 2 aromatic heterocycles. The number of rotatable bonds is 5. The van der Waals surface area contributed by atoms with Crippen molar-refractivity contribution in [1.29, 1.82) is 0 Å². The molecule has 21 heavy (non-hydrogen) atoms. The molecule has 4 nitrogen and oxygen atoms in total. The van der Waals surface area contributed by atoms with Gasteiger partial charge in [-0.05, 0) is 26.0 Å². The first-order valence-corrected chi connectivity index (χ1v) is 8.15. The maximum Gasteiger partial charge on any atom is 0.147 e. The average molecular weight is 322 g/mol. The van der Waals surface area contributed by atoms with Gasteiger partial charge in [-0.25, -0.2) is 4.98 Å². The van der Waals surface area contributed by atoms with E-state index >= 15 is 0 Å². The molecular formula is C15H16ClN3OS. The zero-order chi connectivity index (χ0) is 14.8. The van der Waals surface area contributed by atoms with Gasteiger partial charge >= 0.3 is 0 Å². The number of hydrogen-bond donors (Lipinski definition) is 0. The molecule has 0 saturated carbocycles. The van der Waals surface area contributed by atoms with E-state index in [2.05, 4.69) is 15.6 Å². The van der Waals surface area contributed by atoms with Crippen molar-refractivity contribution in [3.05, 3.63) is 40.6 Å². The molecule has 0 fully saturated rings. The Morgan fingerprint density at radius 2 is 2.29 bits per heavy atom. The van der Waals surface area contributed by atoms with Gasteiger partial charge in [-0.1, -0.05) is 6.07 Å². The molecule has 1 atom stereocenters. The number of alkyl halides is 1. The molecule has 0 aliphatic heterocycles. The monoisotopic (exact) mass is 321 g/mol. The summed E-state index contributed by atoms with van der Waals surface area (Å²) in [7, 11) is 0. The van der Waals surface area contributed by atoms with E-state index < -0.39 is 0 Å². The minimum Gasteiger partial charge on any atom is -0.492 e.